The maximum absolute atomic E-state index is 13.6. The zero-order chi connectivity index (χ0) is 22.8. The van der Waals surface area contributed by atoms with Gasteiger partial charge in [-0.05, 0) is 57.5 Å². The van der Waals surface area contributed by atoms with E-state index in [4.69, 9.17) is 4.74 Å². The molecule has 0 fully saturated rings. The summed E-state index contributed by atoms with van der Waals surface area (Å²) in [5.74, 6) is -0.0978. The number of nitrogens with zero attached hydrogens (tertiary/aromatic N) is 1. The van der Waals surface area contributed by atoms with Crippen molar-refractivity contribution in [3.63, 3.8) is 0 Å². The topological polar surface area (TPSA) is 77.4 Å². The van der Waals surface area contributed by atoms with Crippen molar-refractivity contribution in [2.75, 3.05) is 19.0 Å². The third-order valence-corrected chi connectivity index (χ3v) is 7.33. The van der Waals surface area contributed by atoms with Crippen LogP contribution >= 0.6 is 0 Å². The van der Waals surface area contributed by atoms with Gasteiger partial charge in [0.1, 0.15) is 10.7 Å². The van der Waals surface area contributed by atoms with Crippen molar-refractivity contribution >= 4 is 21.6 Å². The van der Waals surface area contributed by atoms with Crippen LogP contribution in [0.25, 0.3) is 0 Å². The number of hydrogen-bond donors (Lipinski definition) is 1. The van der Waals surface area contributed by atoms with Gasteiger partial charge in [-0.25, -0.2) is 8.42 Å². The fraction of sp³-hybridized carbons (Fsp3) is 0.292. The summed E-state index contributed by atoms with van der Waals surface area (Å²) in [5.41, 5.74) is 3.76. The first kappa shape index (κ1) is 22.8. The van der Waals surface area contributed by atoms with Gasteiger partial charge in [0.25, 0.3) is 5.91 Å². The van der Waals surface area contributed by atoms with Gasteiger partial charge in [-0.1, -0.05) is 35.4 Å². The number of rotatable bonds is 7. The van der Waals surface area contributed by atoms with Crippen molar-refractivity contribution in [1.82, 2.24) is 4.57 Å². The fourth-order valence-corrected chi connectivity index (χ4v) is 5.25. The molecule has 0 aliphatic rings. The van der Waals surface area contributed by atoms with E-state index < -0.39 is 9.84 Å². The molecule has 0 aliphatic carbocycles. The molecule has 3 aromatic rings. The number of hydrogen-bond acceptors (Lipinski definition) is 4. The highest BCUT2D eigenvalue weighted by Gasteiger charge is 2.30. The van der Waals surface area contributed by atoms with Gasteiger partial charge < -0.3 is 14.6 Å². The van der Waals surface area contributed by atoms with Gasteiger partial charge in [0, 0.05) is 24.9 Å². The highest BCUT2D eigenvalue weighted by molar-refractivity contribution is 7.91. The second-order valence-electron chi connectivity index (χ2n) is 7.67. The maximum atomic E-state index is 13.6. The molecule has 6 nitrogen and oxygen atoms in total. The highest BCUT2D eigenvalue weighted by atomic mass is 32.2. The second kappa shape index (κ2) is 9.08. The number of ether oxygens (including phenoxy) is 1. The van der Waals surface area contributed by atoms with E-state index in [2.05, 4.69) is 5.32 Å². The smallest absolute Gasteiger partial charge is 0.256 e. The summed E-state index contributed by atoms with van der Waals surface area (Å²) in [4.78, 5) is 13.3. The predicted molar refractivity (Wildman–Crippen MR) is 122 cm³/mol. The summed E-state index contributed by atoms with van der Waals surface area (Å²) in [6.07, 6.45) is 0. The van der Waals surface area contributed by atoms with Gasteiger partial charge in [-0.15, -0.1) is 0 Å². The predicted octanol–water partition coefficient (Wildman–Crippen LogP) is 4.45. The lowest BCUT2D eigenvalue weighted by Crippen LogP contribution is -2.19. The van der Waals surface area contributed by atoms with E-state index in [9.17, 15) is 13.2 Å². The zero-order valence-electron chi connectivity index (χ0n) is 18.5. The third kappa shape index (κ3) is 4.57. The van der Waals surface area contributed by atoms with Gasteiger partial charge in [0.05, 0.1) is 11.5 Å². The van der Waals surface area contributed by atoms with Crippen molar-refractivity contribution in [3.8, 4) is 0 Å². The highest BCUT2D eigenvalue weighted by Crippen LogP contribution is 2.35. The Morgan fingerprint density at radius 3 is 2.29 bits per heavy atom. The molecule has 0 saturated carbocycles. The molecular formula is C24H28N2O4S. The Bertz CT molecular complexity index is 1210. The van der Waals surface area contributed by atoms with Crippen LogP contribution in [0, 0.1) is 27.7 Å². The zero-order valence-corrected chi connectivity index (χ0v) is 19.3. The molecule has 1 aromatic heterocycles. The molecule has 0 unspecified atom stereocenters. The summed E-state index contributed by atoms with van der Waals surface area (Å²) in [7, 11) is -2.27. The average Bonchev–Trinajstić information content (AvgIpc) is 2.96. The molecular weight excluding hydrogens is 412 g/mol. The van der Waals surface area contributed by atoms with Crippen molar-refractivity contribution in [2.24, 2.45) is 0 Å². The Labute approximate surface area is 183 Å². The first-order valence-corrected chi connectivity index (χ1v) is 11.5. The number of nitrogens with one attached hydrogen (secondary N) is 1. The van der Waals surface area contributed by atoms with Crippen molar-refractivity contribution in [1.29, 1.82) is 0 Å². The van der Waals surface area contributed by atoms with Gasteiger partial charge >= 0.3 is 0 Å². The van der Waals surface area contributed by atoms with Crippen molar-refractivity contribution < 1.29 is 17.9 Å². The van der Waals surface area contributed by atoms with Crippen molar-refractivity contribution in [3.05, 3.63) is 76.5 Å². The van der Waals surface area contributed by atoms with Gasteiger partial charge in [0.15, 0.2) is 0 Å². The first-order chi connectivity index (χ1) is 14.7. The number of anilines is 1. The van der Waals surface area contributed by atoms with E-state index in [1.165, 1.54) is 0 Å². The Morgan fingerprint density at radius 2 is 1.68 bits per heavy atom. The number of carbonyl (C=O) groups excluding carboxylic acids is 1. The molecule has 0 bridgehead atoms. The Balaban J connectivity index is 2.16. The monoisotopic (exact) mass is 440 g/mol. The maximum Gasteiger partial charge on any atom is 0.256 e. The van der Waals surface area contributed by atoms with E-state index in [1.54, 1.807) is 61.1 Å². The number of carbonyl (C=O) groups is 1. The van der Waals surface area contributed by atoms with Crippen LogP contribution in [-0.2, 0) is 21.1 Å². The first-order valence-electron chi connectivity index (χ1n) is 10.0. The number of aryl methyl sites for hydroxylation is 2. The number of amides is 1. The summed E-state index contributed by atoms with van der Waals surface area (Å²) in [6, 6.07) is 13.9. The molecule has 0 radical (unpaired) electrons. The number of sulfone groups is 1. The minimum absolute atomic E-state index is 0.117. The minimum atomic E-state index is -3.86. The standard InChI is InChI=1S/C24H28N2O4S/c1-16-9-11-21(12-10-16)31(28,29)22-18(3)19(4)26(13-14-30-5)23(22)25-24(27)20-8-6-7-17(2)15-20/h6-12,15H,13-14H2,1-5H3,(H,25,27). The quantitative estimate of drug-likeness (QED) is 0.589. The van der Waals surface area contributed by atoms with Crippen LogP contribution < -0.4 is 5.32 Å². The summed E-state index contributed by atoms with van der Waals surface area (Å²) < 4.78 is 34.2. The van der Waals surface area contributed by atoms with E-state index >= 15 is 0 Å². The lowest BCUT2D eigenvalue weighted by atomic mass is 10.1. The van der Waals surface area contributed by atoms with Crippen LogP contribution in [0.1, 0.15) is 32.7 Å². The Hall–Kier alpha value is -2.90. The molecule has 1 N–H and O–H groups in total. The summed E-state index contributed by atoms with van der Waals surface area (Å²) in [5, 5.41) is 2.87. The molecule has 31 heavy (non-hydrogen) atoms. The molecule has 7 heteroatoms. The largest absolute Gasteiger partial charge is 0.383 e. The number of benzene rings is 2. The lowest BCUT2D eigenvalue weighted by Gasteiger charge is -2.14. The number of aromatic nitrogens is 1. The second-order valence-corrected chi connectivity index (χ2v) is 9.56. The van der Waals surface area contributed by atoms with E-state index in [0.717, 1.165) is 16.8 Å². The minimum Gasteiger partial charge on any atom is -0.383 e. The molecule has 0 saturated heterocycles. The molecule has 0 spiro atoms. The van der Waals surface area contributed by atoms with Crippen LogP contribution in [-0.4, -0.2) is 32.6 Å². The molecule has 164 valence electrons. The Kier molecular flexibility index (Phi) is 6.67. The van der Waals surface area contributed by atoms with Crippen LogP contribution in [0.2, 0.25) is 0 Å². The van der Waals surface area contributed by atoms with E-state index in [1.807, 2.05) is 26.8 Å². The van der Waals surface area contributed by atoms with Gasteiger partial charge in [0.2, 0.25) is 9.84 Å². The number of methoxy groups -OCH3 is 1. The van der Waals surface area contributed by atoms with Gasteiger partial charge in [-0.3, -0.25) is 4.79 Å². The third-order valence-electron chi connectivity index (χ3n) is 5.40. The van der Waals surface area contributed by atoms with Gasteiger partial charge in [-0.2, -0.15) is 0 Å². The molecule has 0 aliphatic heterocycles. The molecule has 1 heterocycles. The average molecular weight is 441 g/mol. The molecule has 2 aromatic carbocycles. The van der Waals surface area contributed by atoms with Crippen LogP contribution in [0.4, 0.5) is 5.82 Å². The lowest BCUT2D eigenvalue weighted by molar-refractivity contribution is 0.102. The molecule has 3 rings (SSSR count). The Morgan fingerprint density at radius 1 is 1.00 bits per heavy atom. The SMILES string of the molecule is COCCn1c(C)c(C)c(S(=O)(=O)c2ccc(C)cc2)c1NC(=O)c1cccc(C)c1. The normalized spacial score (nSPS) is 11.5. The van der Waals surface area contributed by atoms with Crippen LogP contribution in [0.3, 0.4) is 0 Å². The van der Waals surface area contributed by atoms with Crippen molar-refractivity contribution in [2.45, 2.75) is 44.0 Å². The summed E-state index contributed by atoms with van der Waals surface area (Å²) >= 11 is 0. The van der Waals surface area contributed by atoms with E-state index in [-0.39, 0.29) is 21.5 Å². The van der Waals surface area contributed by atoms with Crippen LogP contribution in [0.15, 0.2) is 58.3 Å². The summed E-state index contributed by atoms with van der Waals surface area (Å²) in [6.45, 7) is 8.21. The molecule has 0 atom stereocenters. The van der Waals surface area contributed by atoms with Crippen LogP contribution in [0.5, 0.6) is 0 Å². The molecule has 1 amide bonds. The van der Waals surface area contributed by atoms with E-state index in [0.29, 0.717) is 24.3 Å². The fourth-order valence-electron chi connectivity index (χ4n) is 3.55.